The highest BCUT2D eigenvalue weighted by Crippen LogP contribution is 2.19. The molecule has 0 aromatic heterocycles. The SMILES string of the molecule is CCCCCCC/C=C\CCCCCCCC(=O)OC(CCCCCCCCCCCCCC)CCCCCCCC(=O)NCC(=O)NC(CO)C(=O)O. The van der Waals surface area contributed by atoms with E-state index in [9.17, 15) is 19.2 Å². The Labute approximate surface area is 331 Å². The molecule has 0 aliphatic carbocycles. The first kappa shape index (κ1) is 51.6. The number of hydrogen-bond acceptors (Lipinski definition) is 6. The van der Waals surface area contributed by atoms with Gasteiger partial charge in [-0.1, -0.05) is 161 Å². The molecule has 316 valence electrons. The topological polar surface area (TPSA) is 142 Å². The number of unbranched alkanes of at least 4 members (excludes halogenated alkanes) is 25. The molecule has 0 saturated heterocycles. The maximum atomic E-state index is 12.8. The van der Waals surface area contributed by atoms with E-state index in [2.05, 4.69) is 36.6 Å². The molecule has 0 aromatic carbocycles. The first-order valence-electron chi connectivity index (χ1n) is 22.6. The Morgan fingerprint density at radius 1 is 0.537 bits per heavy atom. The van der Waals surface area contributed by atoms with E-state index < -0.39 is 24.5 Å². The summed E-state index contributed by atoms with van der Waals surface area (Å²) in [6.45, 7) is 3.49. The minimum absolute atomic E-state index is 0.0115. The zero-order valence-corrected chi connectivity index (χ0v) is 35.0. The zero-order chi connectivity index (χ0) is 39.7. The second-order valence-corrected chi connectivity index (χ2v) is 15.5. The Morgan fingerprint density at radius 3 is 1.39 bits per heavy atom. The first-order chi connectivity index (χ1) is 26.3. The number of aliphatic hydroxyl groups is 1. The van der Waals surface area contributed by atoms with Crippen molar-refractivity contribution in [2.75, 3.05) is 13.2 Å². The van der Waals surface area contributed by atoms with Gasteiger partial charge in [0.15, 0.2) is 0 Å². The third-order valence-corrected chi connectivity index (χ3v) is 10.3. The van der Waals surface area contributed by atoms with Gasteiger partial charge in [0.2, 0.25) is 11.8 Å². The Bertz CT molecular complexity index is 926. The van der Waals surface area contributed by atoms with Crippen LogP contribution in [-0.2, 0) is 23.9 Å². The van der Waals surface area contributed by atoms with Gasteiger partial charge in [-0.25, -0.2) is 4.79 Å². The summed E-state index contributed by atoms with van der Waals surface area (Å²) in [6, 6.07) is -1.38. The maximum absolute atomic E-state index is 12.8. The van der Waals surface area contributed by atoms with Crippen LogP contribution in [0.1, 0.15) is 226 Å². The third kappa shape index (κ3) is 36.6. The molecule has 2 atom stereocenters. The van der Waals surface area contributed by atoms with E-state index in [0.29, 0.717) is 19.3 Å². The number of ether oxygens (including phenoxy) is 1. The number of nitrogens with one attached hydrogen (secondary N) is 2. The smallest absolute Gasteiger partial charge is 0.328 e. The number of amides is 2. The van der Waals surface area contributed by atoms with Crippen LogP contribution in [-0.4, -0.2) is 59.3 Å². The molecule has 0 aliphatic rings. The molecule has 0 radical (unpaired) electrons. The van der Waals surface area contributed by atoms with Gasteiger partial charge >= 0.3 is 11.9 Å². The van der Waals surface area contributed by atoms with Crippen molar-refractivity contribution >= 4 is 23.8 Å². The van der Waals surface area contributed by atoms with E-state index in [-0.39, 0.29) is 24.5 Å². The van der Waals surface area contributed by atoms with E-state index in [1.165, 1.54) is 128 Å². The molecular weight excluding hydrogens is 681 g/mol. The molecule has 2 amide bonds. The first-order valence-corrected chi connectivity index (χ1v) is 22.6. The lowest BCUT2D eigenvalue weighted by Crippen LogP contribution is -2.47. The van der Waals surface area contributed by atoms with Crippen LogP contribution in [0.15, 0.2) is 12.2 Å². The van der Waals surface area contributed by atoms with Crippen molar-refractivity contribution in [3.05, 3.63) is 12.2 Å². The Balaban J connectivity index is 4.30. The van der Waals surface area contributed by atoms with Crippen LogP contribution in [0.25, 0.3) is 0 Å². The highest BCUT2D eigenvalue weighted by molar-refractivity contribution is 5.87. The number of allylic oxidation sites excluding steroid dienone is 2. The van der Waals surface area contributed by atoms with Crippen LogP contribution in [0.3, 0.4) is 0 Å². The lowest BCUT2D eigenvalue weighted by Gasteiger charge is -2.18. The lowest BCUT2D eigenvalue weighted by molar-refractivity contribution is -0.150. The van der Waals surface area contributed by atoms with Gasteiger partial charge in [0, 0.05) is 12.8 Å². The molecule has 0 aromatic rings. The van der Waals surface area contributed by atoms with Gasteiger partial charge in [0.25, 0.3) is 0 Å². The number of carboxylic acid groups (broad SMARTS) is 1. The number of carbonyl (C=O) groups excluding carboxylic acids is 3. The molecular formula is C45H84N2O7. The molecule has 9 nitrogen and oxygen atoms in total. The highest BCUT2D eigenvalue weighted by atomic mass is 16.5. The van der Waals surface area contributed by atoms with Crippen molar-refractivity contribution in [3.63, 3.8) is 0 Å². The van der Waals surface area contributed by atoms with Crippen LogP contribution >= 0.6 is 0 Å². The molecule has 4 N–H and O–H groups in total. The molecule has 9 heteroatoms. The Kier molecular flexibility index (Phi) is 38.4. The predicted octanol–water partition coefficient (Wildman–Crippen LogP) is 11.0. The third-order valence-electron chi connectivity index (χ3n) is 10.3. The molecule has 0 aliphatic heterocycles. The molecule has 0 fully saturated rings. The van der Waals surface area contributed by atoms with Gasteiger partial charge in [0.05, 0.1) is 13.2 Å². The minimum atomic E-state index is -1.38. The van der Waals surface area contributed by atoms with Gasteiger partial charge in [-0.15, -0.1) is 0 Å². The second-order valence-electron chi connectivity index (χ2n) is 15.5. The van der Waals surface area contributed by atoms with Crippen molar-refractivity contribution in [1.29, 1.82) is 0 Å². The van der Waals surface area contributed by atoms with E-state index in [1.54, 1.807) is 0 Å². The second kappa shape index (κ2) is 40.2. The molecule has 54 heavy (non-hydrogen) atoms. The molecule has 0 bridgehead atoms. The van der Waals surface area contributed by atoms with Gasteiger partial charge < -0.3 is 25.6 Å². The van der Waals surface area contributed by atoms with Crippen LogP contribution in [0.2, 0.25) is 0 Å². The molecule has 0 spiro atoms. The van der Waals surface area contributed by atoms with Gasteiger partial charge in [-0.05, 0) is 64.2 Å². The molecule has 0 saturated carbocycles. The molecule has 0 heterocycles. The summed E-state index contributed by atoms with van der Waals surface area (Å²) in [6.07, 6.45) is 42.3. The number of aliphatic hydroxyl groups excluding tert-OH is 1. The summed E-state index contributed by atoms with van der Waals surface area (Å²) >= 11 is 0. The van der Waals surface area contributed by atoms with Crippen molar-refractivity contribution in [1.82, 2.24) is 10.6 Å². The van der Waals surface area contributed by atoms with Crippen molar-refractivity contribution in [2.24, 2.45) is 0 Å². The van der Waals surface area contributed by atoms with E-state index in [1.807, 2.05) is 0 Å². The summed E-state index contributed by atoms with van der Waals surface area (Å²) in [5, 5.41) is 22.6. The van der Waals surface area contributed by atoms with Crippen LogP contribution in [0.5, 0.6) is 0 Å². The van der Waals surface area contributed by atoms with E-state index >= 15 is 0 Å². The average molecular weight is 765 g/mol. The normalized spacial score (nSPS) is 12.5. The van der Waals surface area contributed by atoms with Crippen molar-refractivity contribution < 1.29 is 34.1 Å². The average Bonchev–Trinajstić information content (AvgIpc) is 3.15. The van der Waals surface area contributed by atoms with Crippen LogP contribution in [0, 0.1) is 0 Å². The van der Waals surface area contributed by atoms with E-state index in [0.717, 1.165) is 64.2 Å². The van der Waals surface area contributed by atoms with Crippen molar-refractivity contribution in [3.8, 4) is 0 Å². The number of esters is 1. The van der Waals surface area contributed by atoms with Crippen LogP contribution < -0.4 is 10.6 Å². The number of hydrogen-bond donors (Lipinski definition) is 4. The fraction of sp³-hybridized carbons (Fsp3) is 0.867. The minimum Gasteiger partial charge on any atom is -0.480 e. The van der Waals surface area contributed by atoms with Gasteiger partial charge in [0.1, 0.15) is 12.1 Å². The Morgan fingerprint density at radius 2 is 0.944 bits per heavy atom. The summed E-state index contributed by atoms with van der Waals surface area (Å²) < 4.78 is 6.03. The summed E-state index contributed by atoms with van der Waals surface area (Å²) in [4.78, 5) is 47.6. The van der Waals surface area contributed by atoms with Gasteiger partial charge in [-0.2, -0.15) is 0 Å². The summed E-state index contributed by atoms with van der Waals surface area (Å²) in [5.41, 5.74) is 0. The zero-order valence-electron chi connectivity index (χ0n) is 35.0. The van der Waals surface area contributed by atoms with Crippen LogP contribution in [0.4, 0.5) is 0 Å². The molecule has 2 unspecified atom stereocenters. The van der Waals surface area contributed by atoms with Gasteiger partial charge in [-0.3, -0.25) is 14.4 Å². The number of aliphatic carboxylic acids is 1. The summed E-state index contributed by atoms with van der Waals surface area (Å²) in [7, 11) is 0. The summed E-state index contributed by atoms with van der Waals surface area (Å²) in [5.74, 6) is -2.28. The maximum Gasteiger partial charge on any atom is 0.328 e. The fourth-order valence-corrected chi connectivity index (χ4v) is 6.77. The van der Waals surface area contributed by atoms with E-state index in [4.69, 9.17) is 14.9 Å². The largest absolute Gasteiger partial charge is 0.480 e. The quantitative estimate of drug-likeness (QED) is 0.0276. The monoisotopic (exact) mass is 765 g/mol. The van der Waals surface area contributed by atoms with Crippen molar-refractivity contribution in [2.45, 2.75) is 238 Å². The molecule has 0 rings (SSSR count). The number of carbonyl (C=O) groups is 4. The fourth-order valence-electron chi connectivity index (χ4n) is 6.77. The standard InChI is InChI=1S/C45H84N2O7/c1-3-5-7-9-11-13-15-17-18-20-22-24-29-33-37-44(51)54-40(34-30-26-23-21-19-16-14-12-10-8-6-4-2)35-31-27-25-28-32-36-42(49)46-38-43(50)47-41(39-48)45(52)53/h15,17,40-41,48H,3-14,16,18-39H2,1-2H3,(H,46,49)(H,47,50)(H,52,53)/b17-15-. The Hall–Kier alpha value is -2.42. The number of carboxylic acids is 1. The predicted molar refractivity (Wildman–Crippen MR) is 222 cm³/mol. The highest BCUT2D eigenvalue weighted by Gasteiger charge is 2.19. The lowest BCUT2D eigenvalue weighted by atomic mass is 10.0. The number of rotatable bonds is 41.